The van der Waals surface area contributed by atoms with Crippen molar-refractivity contribution in [3.05, 3.63) is 0 Å². The number of rotatable bonds is 8. The first-order valence-electron chi connectivity index (χ1n) is 5.55. The van der Waals surface area contributed by atoms with Gasteiger partial charge in [-0.25, -0.2) is 0 Å². The number of carbonyl (C=O) groups excluding carboxylic acids is 1. The third-order valence-electron chi connectivity index (χ3n) is 2.83. The van der Waals surface area contributed by atoms with Gasteiger partial charge in [-0.05, 0) is 18.3 Å². The van der Waals surface area contributed by atoms with Crippen molar-refractivity contribution in [2.45, 2.75) is 59.3 Å². The van der Waals surface area contributed by atoms with E-state index in [1.165, 1.54) is 25.7 Å². The molecule has 0 fully saturated rings. The molecule has 2 atom stereocenters. The summed E-state index contributed by atoms with van der Waals surface area (Å²) < 4.78 is 0. The second-order valence-electron chi connectivity index (χ2n) is 4.23. The van der Waals surface area contributed by atoms with Gasteiger partial charge in [-0.2, -0.15) is 0 Å². The molecule has 0 aliphatic heterocycles. The van der Waals surface area contributed by atoms with Crippen LogP contribution in [0.4, 0.5) is 0 Å². The molecule has 0 aromatic carbocycles. The van der Waals surface area contributed by atoms with Gasteiger partial charge in [0, 0.05) is 6.42 Å². The molecule has 0 aliphatic rings. The summed E-state index contributed by atoms with van der Waals surface area (Å²) in [5, 5.41) is 0. The second-order valence-corrected chi connectivity index (χ2v) is 4.23. The van der Waals surface area contributed by atoms with E-state index in [1.54, 1.807) is 0 Å². The number of hydrogen-bond donors (Lipinski definition) is 0. The molecule has 13 heavy (non-hydrogen) atoms. The van der Waals surface area contributed by atoms with Crippen molar-refractivity contribution in [3.63, 3.8) is 0 Å². The molecule has 1 nitrogen and oxygen atoms in total. The molecule has 0 rings (SSSR count). The minimum absolute atomic E-state index is 0.616. The molecule has 0 aromatic heterocycles. The van der Waals surface area contributed by atoms with Crippen LogP contribution < -0.4 is 0 Å². The Morgan fingerprint density at radius 3 is 2.23 bits per heavy atom. The summed E-state index contributed by atoms with van der Waals surface area (Å²) in [7, 11) is 0. The van der Waals surface area contributed by atoms with Gasteiger partial charge in [0.25, 0.3) is 0 Å². The summed E-state index contributed by atoms with van der Waals surface area (Å²) >= 11 is 0. The van der Waals surface area contributed by atoms with Crippen molar-refractivity contribution in [2.24, 2.45) is 11.8 Å². The standard InChI is InChI=1S/C12H23O/c1-4-11(2)7-5-8-12(3)9-6-10-13/h11-12H,4-9H2,1-3H3. The minimum atomic E-state index is 0.616. The molecule has 0 saturated heterocycles. The van der Waals surface area contributed by atoms with Crippen LogP contribution in [0.25, 0.3) is 0 Å². The van der Waals surface area contributed by atoms with E-state index in [-0.39, 0.29) is 0 Å². The quantitative estimate of drug-likeness (QED) is 0.560. The highest BCUT2D eigenvalue weighted by Gasteiger charge is 2.03. The maximum atomic E-state index is 10.0. The zero-order valence-electron chi connectivity index (χ0n) is 9.31. The first kappa shape index (κ1) is 12.7. The van der Waals surface area contributed by atoms with Crippen LogP contribution >= 0.6 is 0 Å². The van der Waals surface area contributed by atoms with Crippen LogP contribution in [0, 0.1) is 11.8 Å². The van der Waals surface area contributed by atoms with Crippen LogP contribution in [0.3, 0.4) is 0 Å². The predicted molar refractivity (Wildman–Crippen MR) is 57.4 cm³/mol. The normalized spacial score (nSPS) is 15.3. The van der Waals surface area contributed by atoms with Crippen molar-refractivity contribution >= 4 is 6.29 Å². The molecule has 2 unspecified atom stereocenters. The van der Waals surface area contributed by atoms with Crippen molar-refractivity contribution < 1.29 is 4.79 Å². The van der Waals surface area contributed by atoms with E-state index >= 15 is 0 Å². The van der Waals surface area contributed by atoms with Gasteiger partial charge in [0.05, 0.1) is 0 Å². The van der Waals surface area contributed by atoms with Crippen molar-refractivity contribution in [2.75, 3.05) is 0 Å². The third-order valence-corrected chi connectivity index (χ3v) is 2.83. The maximum Gasteiger partial charge on any atom is 0.198 e. The van der Waals surface area contributed by atoms with Crippen molar-refractivity contribution in [3.8, 4) is 0 Å². The van der Waals surface area contributed by atoms with E-state index in [9.17, 15) is 4.79 Å². The lowest BCUT2D eigenvalue weighted by Gasteiger charge is -2.11. The average molecular weight is 183 g/mol. The van der Waals surface area contributed by atoms with Crippen LogP contribution in [-0.4, -0.2) is 6.29 Å². The Morgan fingerprint density at radius 1 is 1.08 bits per heavy atom. The summed E-state index contributed by atoms with van der Waals surface area (Å²) in [6.07, 6.45) is 8.80. The first-order valence-corrected chi connectivity index (χ1v) is 5.55. The minimum Gasteiger partial charge on any atom is -0.291 e. The Balaban J connectivity index is 3.25. The molecule has 0 aromatic rings. The molecular formula is C12H23O. The predicted octanol–water partition coefficient (Wildman–Crippen LogP) is 3.73. The molecular weight excluding hydrogens is 160 g/mol. The highest BCUT2D eigenvalue weighted by atomic mass is 16.1. The lowest BCUT2D eigenvalue weighted by atomic mass is 9.95. The van der Waals surface area contributed by atoms with Gasteiger partial charge >= 0.3 is 0 Å². The smallest absolute Gasteiger partial charge is 0.198 e. The van der Waals surface area contributed by atoms with E-state index in [1.807, 2.05) is 6.29 Å². The molecule has 0 saturated carbocycles. The van der Waals surface area contributed by atoms with Gasteiger partial charge in [-0.1, -0.05) is 46.5 Å². The Kier molecular flexibility index (Phi) is 8.07. The Morgan fingerprint density at radius 2 is 1.69 bits per heavy atom. The van der Waals surface area contributed by atoms with Crippen molar-refractivity contribution in [1.82, 2.24) is 0 Å². The van der Waals surface area contributed by atoms with Crippen LogP contribution in [0.1, 0.15) is 59.3 Å². The Bertz CT molecular complexity index is 120. The molecule has 1 heteroatoms. The van der Waals surface area contributed by atoms with Crippen LogP contribution in [-0.2, 0) is 4.79 Å². The van der Waals surface area contributed by atoms with Gasteiger partial charge in [-0.3, -0.25) is 4.79 Å². The van der Waals surface area contributed by atoms with Gasteiger partial charge in [0.1, 0.15) is 0 Å². The van der Waals surface area contributed by atoms with E-state index in [0.29, 0.717) is 12.3 Å². The Hall–Kier alpha value is -0.330. The highest BCUT2D eigenvalue weighted by molar-refractivity contribution is 5.50. The molecule has 0 N–H and O–H groups in total. The van der Waals surface area contributed by atoms with E-state index in [0.717, 1.165) is 12.3 Å². The fourth-order valence-electron chi connectivity index (χ4n) is 1.47. The SMILES string of the molecule is CCC(C)CCCC(C)CC[C]=O. The third kappa shape index (κ3) is 8.01. The lowest BCUT2D eigenvalue weighted by Crippen LogP contribution is -1.98. The lowest BCUT2D eigenvalue weighted by molar-refractivity contribution is 0.420. The number of hydrogen-bond acceptors (Lipinski definition) is 1. The molecule has 0 aliphatic carbocycles. The van der Waals surface area contributed by atoms with E-state index in [4.69, 9.17) is 0 Å². The largest absolute Gasteiger partial charge is 0.291 e. The zero-order chi connectivity index (χ0) is 10.1. The second kappa shape index (κ2) is 8.28. The summed E-state index contributed by atoms with van der Waals surface area (Å²) in [6, 6.07) is 0. The molecule has 1 radical (unpaired) electrons. The monoisotopic (exact) mass is 183 g/mol. The van der Waals surface area contributed by atoms with Gasteiger partial charge in [0.2, 0.25) is 0 Å². The van der Waals surface area contributed by atoms with Crippen LogP contribution in [0.2, 0.25) is 0 Å². The van der Waals surface area contributed by atoms with Crippen molar-refractivity contribution in [1.29, 1.82) is 0 Å². The Labute approximate surface area is 82.9 Å². The highest BCUT2D eigenvalue weighted by Crippen LogP contribution is 2.17. The average Bonchev–Trinajstić information content (AvgIpc) is 2.14. The first-order chi connectivity index (χ1) is 6.20. The van der Waals surface area contributed by atoms with Gasteiger partial charge in [0.15, 0.2) is 6.29 Å². The van der Waals surface area contributed by atoms with E-state index in [2.05, 4.69) is 20.8 Å². The fraction of sp³-hybridized carbons (Fsp3) is 0.917. The summed E-state index contributed by atoms with van der Waals surface area (Å²) in [6.45, 7) is 6.78. The van der Waals surface area contributed by atoms with Crippen LogP contribution in [0.15, 0.2) is 0 Å². The van der Waals surface area contributed by atoms with E-state index < -0.39 is 0 Å². The van der Waals surface area contributed by atoms with Crippen LogP contribution in [0.5, 0.6) is 0 Å². The molecule has 0 amide bonds. The molecule has 0 bridgehead atoms. The summed E-state index contributed by atoms with van der Waals surface area (Å²) in [5.41, 5.74) is 0. The summed E-state index contributed by atoms with van der Waals surface area (Å²) in [4.78, 5) is 10.0. The fourth-order valence-corrected chi connectivity index (χ4v) is 1.47. The van der Waals surface area contributed by atoms with Gasteiger partial charge < -0.3 is 0 Å². The van der Waals surface area contributed by atoms with Gasteiger partial charge in [-0.15, -0.1) is 0 Å². The topological polar surface area (TPSA) is 17.1 Å². The molecule has 77 valence electrons. The maximum absolute atomic E-state index is 10.0. The zero-order valence-corrected chi connectivity index (χ0v) is 9.31. The molecule has 0 heterocycles. The summed E-state index contributed by atoms with van der Waals surface area (Å²) in [5.74, 6) is 1.57. The molecule has 0 spiro atoms.